The minimum atomic E-state index is -1.35. The van der Waals surface area contributed by atoms with Gasteiger partial charge in [-0.3, -0.25) is 9.59 Å². The van der Waals surface area contributed by atoms with E-state index in [0.717, 1.165) is 18.6 Å². The first-order chi connectivity index (χ1) is 10.0. The number of hydrogen-bond acceptors (Lipinski definition) is 6. The van der Waals surface area contributed by atoms with Crippen molar-refractivity contribution in [2.45, 2.75) is 44.6 Å². The quantitative estimate of drug-likeness (QED) is 0.358. The van der Waals surface area contributed by atoms with Crippen molar-refractivity contribution >= 4 is 23.5 Å². The number of aliphatic hydroxyl groups is 3. The summed E-state index contributed by atoms with van der Waals surface area (Å²) < 4.78 is 0. The van der Waals surface area contributed by atoms with Crippen LogP contribution in [0.15, 0.2) is 0 Å². The number of aliphatic hydroxyl groups excluding tert-OH is 3. The Bertz CT molecular complexity index is 299. The normalized spacial score (nSPS) is 11.4. The molecule has 0 aromatic rings. The van der Waals surface area contributed by atoms with E-state index in [1.54, 1.807) is 11.8 Å². The number of nitrogens with one attached hydrogen (secondary N) is 1. The molecule has 0 atom stereocenters. The first-order valence-corrected chi connectivity index (χ1v) is 8.42. The second-order valence-corrected chi connectivity index (χ2v) is 6.28. The number of thioether (sulfide) groups is 1. The van der Waals surface area contributed by atoms with Crippen LogP contribution in [0.3, 0.4) is 0 Å². The summed E-state index contributed by atoms with van der Waals surface area (Å²) in [6, 6.07) is 0. The van der Waals surface area contributed by atoms with Gasteiger partial charge in [-0.05, 0) is 18.6 Å². The summed E-state index contributed by atoms with van der Waals surface area (Å²) >= 11 is 1.59. The van der Waals surface area contributed by atoms with E-state index >= 15 is 0 Å². The van der Waals surface area contributed by atoms with E-state index in [1.165, 1.54) is 0 Å². The van der Waals surface area contributed by atoms with Gasteiger partial charge in [0.1, 0.15) is 11.3 Å². The molecule has 0 radical (unpaired) electrons. The average Bonchev–Trinajstić information content (AvgIpc) is 2.49. The lowest BCUT2D eigenvalue weighted by molar-refractivity contribution is -0.125. The fraction of sp³-hybridized carbons (Fsp3) is 0.857. The van der Waals surface area contributed by atoms with Crippen LogP contribution in [-0.4, -0.2) is 63.9 Å². The van der Waals surface area contributed by atoms with Crippen molar-refractivity contribution in [1.29, 1.82) is 0 Å². The maximum atomic E-state index is 11.6. The van der Waals surface area contributed by atoms with E-state index in [0.29, 0.717) is 18.6 Å². The van der Waals surface area contributed by atoms with Gasteiger partial charge in [0.2, 0.25) is 5.91 Å². The maximum Gasteiger partial charge on any atom is 0.221 e. The third-order valence-electron chi connectivity index (χ3n) is 3.06. The van der Waals surface area contributed by atoms with Crippen molar-refractivity contribution in [3.05, 3.63) is 0 Å². The highest BCUT2D eigenvalue weighted by Crippen LogP contribution is 2.09. The van der Waals surface area contributed by atoms with Gasteiger partial charge in [0, 0.05) is 25.0 Å². The summed E-state index contributed by atoms with van der Waals surface area (Å²) in [6.45, 7) is 0.436. The minimum absolute atomic E-state index is 0.245. The summed E-state index contributed by atoms with van der Waals surface area (Å²) in [7, 11) is 0. The average molecular weight is 321 g/mol. The molecule has 7 heteroatoms. The van der Waals surface area contributed by atoms with Gasteiger partial charge in [-0.2, -0.15) is 11.8 Å². The molecule has 6 nitrogen and oxygen atoms in total. The van der Waals surface area contributed by atoms with E-state index in [9.17, 15) is 9.59 Å². The van der Waals surface area contributed by atoms with E-state index in [2.05, 4.69) is 5.32 Å². The highest BCUT2D eigenvalue weighted by atomic mass is 32.2. The van der Waals surface area contributed by atoms with Crippen molar-refractivity contribution < 1.29 is 24.9 Å². The number of ketones is 1. The lowest BCUT2D eigenvalue weighted by Crippen LogP contribution is -2.57. The first-order valence-electron chi connectivity index (χ1n) is 7.26. The van der Waals surface area contributed by atoms with Crippen molar-refractivity contribution in [3.8, 4) is 0 Å². The van der Waals surface area contributed by atoms with Crippen LogP contribution < -0.4 is 5.32 Å². The number of Topliss-reactive ketones (excluding diaryl/α,β-unsaturated/α-hetero) is 1. The van der Waals surface area contributed by atoms with Gasteiger partial charge < -0.3 is 20.6 Å². The molecule has 124 valence electrons. The largest absolute Gasteiger partial charge is 0.394 e. The summed E-state index contributed by atoms with van der Waals surface area (Å²) in [5.74, 6) is 1.40. The zero-order valence-corrected chi connectivity index (χ0v) is 13.5. The fourth-order valence-corrected chi connectivity index (χ4v) is 2.55. The summed E-state index contributed by atoms with van der Waals surface area (Å²) in [5, 5.41) is 29.7. The van der Waals surface area contributed by atoms with Gasteiger partial charge in [-0.25, -0.2) is 0 Å². The molecule has 4 N–H and O–H groups in total. The van der Waals surface area contributed by atoms with Crippen molar-refractivity contribution in [2.24, 2.45) is 0 Å². The number of hydrogen-bond donors (Lipinski definition) is 4. The monoisotopic (exact) mass is 321 g/mol. The molecule has 0 fully saturated rings. The van der Waals surface area contributed by atoms with Crippen LogP contribution in [0, 0.1) is 0 Å². The molecule has 1 amide bonds. The Morgan fingerprint density at radius 3 is 2.14 bits per heavy atom. The molecule has 0 aliphatic heterocycles. The van der Waals surface area contributed by atoms with Crippen LogP contribution in [0.4, 0.5) is 0 Å². The molecule has 0 aliphatic carbocycles. The highest BCUT2D eigenvalue weighted by molar-refractivity contribution is 7.99. The number of carbonyl (C=O) groups is 2. The van der Waals surface area contributed by atoms with Crippen molar-refractivity contribution in [3.63, 3.8) is 0 Å². The molecule has 0 aromatic heterocycles. The Labute approximate surface area is 130 Å². The molecule has 0 bridgehead atoms. The standard InChI is InChI=1S/C14H27NO5S/c1-2-4-12(19)5-3-7-21-8-6-13(20)15-14(9-16,10-17)11-18/h16-18H,2-11H2,1H3,(H,15,20). The molecule has 0 heterocycles. The molecule has 0 aliphatic rings. The Balaban J connectivity index is 3.73. The topological polar surface area (TPSA) is 107 Å². The van der Waals surface area contributed by atoms with E-state index in [1.807, 2.05) is 6.92 Å². The summed E-state index contributed by atoms with van der Waals surface area (Å²) in [4.78, 5) is 22.9. The van der Waals surface area contributed by atoms with E-state index in [4.69, 9.17) is 15.3 Å². The smallest absolute Gasteiger partial charge is 0.221 e. The Hall–Kier alpha value is -0.630. The lowest BCUT2D eigenvalue weighted by atomic mass is 10.0. The number of amides is 1. The van der Waals surface area contributed by atoms with Crippen LogP contribution in [0.1, 0.15) is 39.0 Å². The second kappa shape index (κ2) is 12.0. The molecule has 0 saturated heterocycles. The van der Waals surface area contributed by atoms with Gasteiger partial charge in [-0.1, -0.05) is 6.92 Å². The fourth-order valence-electron chi connectivity index (χ4n) is 1.67. The minimum Gasteiger partial charge on any atom is -0.394 e. The Morgan fingerprint density at radius 2 is 1.62 bits per heavy atom. The van der Waals surface area contributed by atoms with Crippen molar-refractivity contribution in [2.75, 3.05) is 31.3 Å². The maximum absolute atomic E-state index is 11.6. The molecule has 0 spiro atoms. The predicted octanol–water partition coefficient (Wildman–Crippen LogP) is 0.0910. The van der Waals surface area contributed by atoms with Gasteiger partial charge >= 0.3 is 0 Å². The zero-order chi connectivity index (χ0) is 16.1. The molecular formula is C14H27NO5S. The molecule has 0 aromatic carbocycles. The second-order valence-electron chi connectivity index (χ2n) is 5.06. The van der Waals surface area contributed by atoms with Crippen LogP contribution in [0.5, 0.6) is 0 Å². The van der Waals surface area contributed by atoms with Crippen LogP contribution in [0.25, 0.3) is 0 Å². The third kappa shape index (κ3) is 9.08. The zero-order valence-electron chi connectivity index (χ0n) is 12.6. The number of rotatable bonds is 13. The van der Waals surface area contributed by atoms with Gasteiger partial charge in [0.15, 0.2) is 0 Å². The molecule has 0 unspecified atom stereocenters. The summed E-state index contributed by atoms with van der Waals surface area (Å²) in [5.41, 5.74) is -1.35. The van der Waals surface area contributed by atoms with E-state index < -0.39 is 25.4 Å². The Kier molecular flexibility index (Phi) is 11.6. The highest BCUT2D eigenvalue weighted by Gasteiger charge is 2.29. The van der Waals surface area contributed by atoms with Crippen LogP contribution >= 0.6 is 11.8 Å². The molecule has 21 heavy (non-hydrogen) atoms. The molecule has 0 saturated carbocycles. The third-order valence-corrected chi connectivity index (χ3v) is 4.13. The number of carbonyl (C=O) groups excluding carboxylic acids is 2. The van der Waals surface area contributed by atoms with E-state index in [-0.39, 0.29) is 18.1 Å². The van der Waals surface area contributed by atoms with Crippen molar-refractivity contribution in [1.82, 2.24) is 5.32 Å². The van der Waals surface area contributed by atoms with Crippen LogP contribution in [0.2, 0.25) is 0 Å². The first kappa shape index (κ1) is 20.4. The Morgan fingerprint density at radius 1 is 1.00 bits per heavy atom. The SMILES string of the molecule is CCCC(=O)CCCSCCC(=O)NC(CO)(CO)CO. The lowest BCUT2D eigenvalue weighted by Gasteiger charge is -2.28. The molecular weight excluding hydrogens is 294 g/mol. The van der Waals surface area contributed by atoms with Crippen LogP contribution in [-0.2, 0) is 9.59 Å². The van der Waals surface area contributed by atoms with Gasteiger partial charge in [0.05, 0.1) is 19.8 Å². The molecule has 0 rings (SSSR count). The summed E-state index contributed by atoms with van der Waals surface area (Å²) in [6.07, 6.45) is 3.18. The van der Waals surface area contributed by atoms with Gasteiger partial charge in [0.25, 0.3) is 0 Å². The predicted molar refractivity (Wildman–Crippen MR) is 83.2 cm³/mol. The van der Waals surface area contributed by atoms with Gasteiger partial charge in [-0.15, -0.1) is 0 Å².